The fourth-order valence-electron chi connectivity index (χ4n) is 2.88. The number of benzene rings is 1. The Morgan fingerprint density at radius 3 is 2.70 bits per heavy atom. The van der Waals surface area contributed by atoms with E-state index in [9.17, 15) is 4.79 Å². The molecule has 150 valence electrons. The van der Waals surface area contributed by atoms with Crippen molar-refractivity contribution in [3.63, 3.8) is 0 Å². The van der Waals surface area contributed by atoms with Crippen LogP contribution in [-0.2, 0) is 16.1 Å². The molecule has 0 bridgehead atoms. The van der Waals surface area contributed by atoms with Crippen LogP contribution in [0.4, 0.5) is 4.79 Å². The van der Waals surface area contributed by atoms with Gasteiger partial charge in [-0.05, 0) is 32.8 Å². The third-order valence-corrected chi connectivity index (χ3v) is 4.06. The molecule has 2 rings (SSSR count). The van der Waals surface area contributed by atoms with Gasteiger partial charge in [0.25, 0.3) is 0 Å². The van der Waals surface area contributed by atoms with Gasteiger partial charge in [0, 0.05) is 26.7 Å². The van der Waals surface area contributed by atoms with Crippen molar-refractivity contribution >= 4 is 12.1 Å². The predicted molar refractivity (Wildman–Crippen MR) is 107 cm³/mol. The zero-order chi connectivity index (χ0) is 19.7. The standard InChI is InChI=1S/C20H32N4O3/c1-20(2,3)27-19(25)23-17-10-12-24(14-17)18(21-4)22-11-13-26-15-16-8-6-5-7-9-16/h5-9,17H,10-15H2,1-4H3,(H,21,22)(H,23,25). The largest absolute Gasteiger partial charge is 0.444 e. The van der Waals surface area contributed by atoms with Crippen molar-refractivity contribution in [2.45, 2.75) is 45.4 Å². The average molecular weight is 377 g/mol. The van der Waals surface area contributed by atoms with E-state index in [4.69, 9.17) is 9.47 Å². The second kappa shape index (κ2) is 10.2. The maximum Gasteiger partial charge on any atom is 0.407 e. The molecule has 0 saturated carbocycles. The van der Waals surface area contributed by atoms with E-state index >= 15 is 0 Å². The third kappa shape index (κ3) is 7.86. The number of aliphatic imine (C=N–C) groups is 1. The summed E-state index contributed by atoms with van der Waals surface area (Å²) in [4.78, 5) is 18.4. The lowest BCUT2D eigenvalue weighted by atomic mass is 10.2. The van der Waals surface area contributed by atoms with Crippen molar-refractivity contribution < 1.29 is 14.3 Å². The molecular weight excluding hydrogens is 344 g/mol. The van der Waals surface area contributed by atoms with Gasteiger partial charge >= 0.3 is 6.09 Å². The first-order valence-corrected chi connectivity index (χ1v) is 9.44. The van der Waals surface area contributed by atoms with Crippen LogP contribution >= 0.6 is 0 Å². The molecule has 0 aliphatic carbocycles. The molecule has 1 atom stereocenters. The SMILES string of the molecule is CN=C(NCCOCc1ccccc1)N1CCC(NC(=O)OC(C)(C)C)C1. The highest BCUT2D eigenvalue weighted by Gasteiger charge is 2.27. The van der Waals surface area contributed by atoms with Gasteiger partial charge in [-0.1, -0.05) is 30.3 Å². The number of hydrogen-bond acceptors (Lipinski definition) is 4. The van der Waals surface area contributed by atoms with Gasteiger partial charge in [0.1, 0.15) is 5.60 Å². The van der Waals surface area contributed by atoms with E-state index in [1.54, 1.807) is 7.05 Å². The van der Waals surface area contributed by atoms with E-state index in [0.29, 0.717) is 26.3 Å². The van der Waals surface area contributed by atoms with Gasteiger partial charge < -0.3 is 25.0 Å². The second-order valence-corrected chi connectivity index (χ2v) is 7.59. The molecule has 1 fully saturated rings. The summed E-state index contributed by atoms with van der Waals surface area (Å²) < 4.78 is 11.0. The number of likely N-dealkylation sites (tertiary alicyclic amines) is 1. The molecule has 1 amide bonds. The summed E-state index contributed by atoms with van der Waals surface area (Å²) in [6.07, 6.45) is 0.497. The molecule has 1 heterocycles. The number of nitrogens with one attached hydrogen (secondary N) is 2. The molecule has 1 aliphatic heterocycles. The van der Waals surface area contributed by atoms with Gasteiger partial charge in [-0.25, -0.2) is 4.79 Å². The first kappa shape index (κ1) is 21.0. The quantitative estimate of drug-likeness (QED) is 0.453. The molecule has 0 aromatic heterocycles. The van der Waals surface area contributed by atoms with Crippen LogP contribution < -0.4 is 10.6 Å². The Bertz CT molecular complexity index is 613. The maximum atomic E-state index is 11.9. The van der Waals surface area contributed by atoms with Crippen LogP contribution in [0.15, 0.2) is 35.3 Å². The Morgan fingerprint density at radius 2 is 2.04 bits per heavy atom. The molecule has 1 unspecified atom stereocenters. The summed E-state index contributed by atoms with van der Waals surface area (Å²) in [6.45, 7) is 9.01. The lowest BCUT2D eigenvalue weighted by Crippen LogP contribution is -2.44. The monoisotopic (exact) mass is 376 g/mol. The molecule has 1 aliphatic rings. The third-order valence-electron chi connectivity index (χ3n) is 4.06. The number of nitrogens with zero attached hydrogens (tertiary/aromatic N) is 2. The van der Waals surface area contributed by atoms with Crippen molar-refractivity contribution in [1.82, 2.24) is 15.5 Å². The molecule has 0 radical (unpaired) electrons. The second-order valence-electron chi connectivity index (χ2n) is 7.59. The van der Waals surface area contributed by atoms with Crippen LogP contribution in [0.1, 0.15) is 32.8 Å². The topological polar surface area (TPSA) is 75.2 Å². The fraction of sp³-hybridized carbons (Fsp3) is 0.600. The average Bonchev–Trinajstić information content (AvgIpc) is 3.05. The highest BCUT2D eigenvalue weighted by Crippen LogP contribution is 2.12. The zero-order valence-corrected chi connectivity index (χ0v) is 16.8. The molecule has 2 N–H and O–H groups in total. The van der Waals surface area contributed by atoms with Crippen LogP contribution in [0.25, 0.3) is 0 Å². The molecule has 1 aromatic carbocycles. The maximum absolute atomic E-state index is 11.9. The van der Waals surface area contributed by atoms with Gasteiger partial charge in [-0.3, -0.25) is 4.99 Å². The molecule has 7 heteroatoms. The molecule has 1 aromatic rings. The Labute approximate surface area is 162 Å². The number of carbonyl (C=O) groups excluding carboxylic acids is 1. The van der Waals surface area contributed by atoms with E-state index in [1.165, 1.54) is 0 Å². The number of rotatable bonds is 6. The van der Waals surface area contributed by atoms with Gasteiger partial charge in [0.05, 0.1) is 19.3 Å². The predicted octanol–water partition coefficient (Wildman–Crippen LogP) is 2.38. The van der Waals surface area contributed by atoms with Gasteiger partial charge in [-0.15, -0.1) is 0 Å². The van der Waals surface area contributed by atoms with Crippen molar-refractivity contribution in [2.24, 2.45) is 4.99 Å². The number of ether oxygens (including phenoxy) is 2. The first-order valence-electron chi connectivity index (χ1n) is 9.44. The fourth-order valence-corrected chi connectivity index (χ4v) is 2.88. The molecule has 0 spiro atoms. The molecule has 7 nitrogen and oxygen atoms in total. The minimum absolute atomic E-state index is 0.0627. The Hall–Kier alpha value is -2.28. The number of guanidine groups is 1. The highest BCUT2D eigenvalue weighted by atomic mass is 16.6. The summed E-state index contributed by atoms with van der Waals surface area (Å²) in [5.74, 6) is 0.826. The van der Waals surface area contributed by atoms with E-state index in [1.807, 2.05) is 51.1 Å². The Morgan fingerprint density at radius 1 is 1.30 bits per heavy atom. The number of hydrogen-bond donors (Lipinski definition) is 2. The Kier molecular flexibility index (Phi) is 7.91. The van der Waals surface area contributed by atoms with Crippen molar-refractivity contribution in [3.8, 4) is 0 Å². The Balaban J connectivity index is 1.66. The van der Waals surface area contributed by atoms with Gasteiger partial charge in [-0.2, -0.15) is 0 Å². The lowest BCUT2D eigenvalue weighted by Gasteiger charge is -2.23. The van der Waals surface area contributed by atoms with Crippen LogP contribution in [0, 0.1) is 0 Å². The van der Waals surface area contributed by atoms with Gasteiger partial charge in [0.2, 0.25) is 0 Å². The summed E-state index contributed by atoms with van der Waals surface area (Å²) in [6, 6.07) is 10.2. The van der Waals surface area contributed by atoms with Crippen LogP contribution in [0.2, 0.25) is 0 Å². The van der Waals surface area contributed by atoms with Crippen LogP contribution in [0.5, 0.6) is 0 Å². The lowest BCUT2D eigenvalue weighted by molar-refractivity contribution is 0.0507. The van der Waals surface area contributed by atoms with Crippen molar-refractivity contribution in [1.29, 1.82) is 0 Å². The highest BCUT2D eigenvalue weighted by molar-refractivity contribution is 5.80. The minimum atomic E-state index is -0.486. The molecular formula is C20H32N4O3. The first-order chi connectivity index (χ1) is 12.9. The summed E-state index contributed by atoms with van der Waals surface area (Å²) in [5, 5.41) is 6.25. The summed E-state index contributed by atoms with van der Waals surface area (Å²) in [7, 11) is 1.77. The zero-order valence-electron chi connectivity index (χ0n) is 16.8. The van der Waals surface area contributed by atoms with E-state index in [0.717, 1.165) is 24.5 Å². The molecule has 27 heavy (non-hydrogen) atoms. The van der Waals surface area contributed by atoms with Crippen LogP contribution in [-0.4, -0.2) is 61.9 Å². The minimum Gasteiger partial charge on any atom is -0.444 e. The van der Waals surface area contributed by atoms with Gasteiger partial charge in [0.15, 0.2) is 5.96 Å². The van der Waals surface area contributed by atoms with Crippen LogP contribution in [0.3, 0.4) is 0 Å². The summed E-state index contributed by atoms with van der Waals surface area (Å²) in [5.41, 5.74) is 0.678. The normalized spacial score (nSPS) is 17.7. The number of carbonyl (C=O) groups is 1. The van der Waals surface area contributed by atoms with Crippen molar-refractivity contribution in [3.05, 3.63) is 35.9 Å². The van der Waals surface area contributed by atoms with Crippen molar-refractivity contribution in [2.75, 3.05) is 33.3 Å². The smallest absolute Gasteiger partial charge is 0.407 e. The number of amides is 1. The van der Waals surface area contributed by atoms with E-state index in [2.05, 4.69) is 20.5 Å². The summed E-state index contributed by atoms with van der Waals surface area (Å²) >= 11 is 0. The van der Waals surface area contributed by atoms with E-state index in [-0.39, 0.29) is 12.1 Å². The molecule has 1 saturated heterocycles. The van der Waals surface area contributed by atoms with E-state index < -0.39 is 5.60 Å². The number of alkyl carbamates (subject to hydrolysis) is 1.